The van der Waals surface area contributed by atoms with Gasteiger partial charge in [-0.1, -0.05) is 60.7 Å². The molecule has 0 N–H and O–H groups in total. The lowest BCUT2D eigenvalue weighted by Gasteiger charge is -2.41. The summed E-state index contributed by atoms with van der Waals surface area (Å²) in [6, 6.07) is 19.1. The summed E-state index contributed by atoms with van der Waals surface area (Å²) in [6.45, 7) is 2.33. The predicted molar refractivity (Wildman–Crippen MR) is 110 cm³/mol. The first-order valence-corrected chi connectivity index (χ1v) is 9.88. The van der Waals surface area contributed by atoms with E-state index in [1.807, 2.05) is 60.7 Å². The molecule has 7 heteroatoms. The molecule has 0 bridgehead atoms. The minimum atomic E-state index is -0.616. The van der Waals surface area contributed by atoms with E-state index in [1.54, 1.807) is 0 Å². The van der Waals surface area contributed by atoms with Crippen LogP contribution in [0, 0.1) is 0 Å². The van der Waals surface area contributed by atoms with Gasteiger partial charge in [0.2, 0.25) is 0 Å². The van der Waals surface area contributed by atoms with Gasteiger partial charge in [-0.2, -0.15) is 0 Å². The second-order valence-corrected chi connectivity index (χ2v) is 7.13. The maximum absolute atomic E-state index is 12.7. The molecule has 1 aliphatic heterocycles. The standard InChI is InChI=1S/C23H27NO6/c1-17(25)30-22-20(27-2)13-24(23(26)29-16-19-11-7-4-8-12-19)14-21(22)28-15-18-9-5-3-6-10-18/h3-12,20-22H,13-16H2,1-2H3/t20-,21+,22+/m1/s1. The minimum absolute atomic E-state index is 0.177. The molecule has 7 nitrogen and oxygen atoms in total. The Morgan fingerprint density at radius 3 is 2.03 bits per heavy atom. The number of benzene rings is 2. The Bertz CT molecular complexity index is 813. The van der Waals surface area contributed by atoms with Crippen LogP contribution in [0.4, 0.5) is 4.79 Å². The molecule has 2 aromatic rings. The van der Waals surface area contributed by atoms with E-state index in [1.165, 1.54) is 18.9 Å². The van der Waals surface area contributed by atoms with Crippen molar-refractivity contribution < 1.29 is 28.5 Å². The number of rotatable bonds is 7. The molecule has 1 aliphatic rings. The fourth-order valence-corrected chi connectivity index (χ4v) is 3.39. The summed E-state index contributed by atoms with van der Waals surface area (Å²) in [5, 5.41) is 0. The molecule has 160 valence electrons. The Balaban J connectivity index is 1.67. The summed E-state index contributed by atoms with van der Waals surface area (Å²) < 4.78 is 22.5. The molecule has 3 rings (SSSR count). The number of amides is 1. The van der Waals surface area contributed by atoms with Gasteiger partial charge in [-0.05, 0) is 11.1 Å². The van der Waals surface area contributed by atoms with Gasteiger partial charge in [0.1, 0.15) is 18.8 Å². The molecule has 0 spiro atoms. The number of hydrogen-bond acceptors (Lipinski definition) is 6. The van der Waals surface area contributed by atoms with Gasteiger partial charge >= 0.3 is 12.1 Å². The zero-order valence-corrected chi connectivity index (χ0v) is 17.2. The maximum atomic E-state index is 12.7. The third-order valence-corrected chi connectivity index (χ3v) is 4.91. The molecular weight excluding hydrogens is 386 g/mol. The van der Waals surface area contributed by atoms with Crippen molar-refractivity contribution in [3.05, 3.63) is 71.8 Å². The molecule has 30 heavy (non-hydrogen) atoms. The van der Waals surface area contributed by atoms with Crippen LogP contribution in [0.25, 0.3) is 0 Å². The van der Waals surface area contributed by atoms with Gasteiger partial charge in [-0.15, -0.1) is 0 Å². The first-order valence-electron chi connectivity index (χ1n) is 9.88. The lowest BCUT2D eigenvalue weighted by molar-refractivity contribution is -0.182. The van der Waals surface area contributed by atoms with Gasteiger partial charge < -0.3 is 23.8 Å². The number of likely N-dealkylation sites (tertiary alicyclic amines) is 1. The quantitative estimate of drug-likeness (QED) is 0.649. The van der Waals surface area contributed by atoms with Crippen molar-refractivity contribution >= 4 is 12.1 Å². The number of methoxy groups -OCH3 is 1. The van der Waals surface area contributed by atoms with Gasteiger partial charge in [0.25, 0.3) is 0 Å². The van der Waals surface area contributed by atoms with Crippen molar-refractivity contribution in [2.45, 2.75) is 38.4 Å². The highest BCUT2D eigenvalue weighted by molar-refractivity contribution is 5.68. The number of carbonyl (C=O) groups is 2. The van der Waals surface area contributed by atoms with Gasteiger partial charge in [-0.3, -0.25) is 4.79 Å². The molecule has 1 saturated heterocycles. The van der Waals surface area contributed by atoms with E-state index in [2.05, 4.69) is 0 Å². The summed E-state index contributed by atoms with van der Waals surface area (Å²) in [4.78, 5) is 25.8. The third kappa shape index (κ3) is 6.05. The summed E-state index contributed by atoms with van der Waals surface area (Å²) in [5.41, 5.74) is 1.89. The Morgan fingerprint density at radius 1 is 0.900 bits per heavy atom. The van der Waals surface area contributed by atoms with Crippen LogP contribution in [0.15, 0.2) is 60.7 Å². The van der Waals surface area contributed by atoms with E-state index in [0.717, 1.165) is 11.1 Å². The van der Waals surface area contributed by atoms with Gasteiger partial charge in [-0.25, -0.2) is 4.79 Å². The predicted octanol–water partition coefficient (Wildman–Crippen LogP) is 3.17. The molecule has 0 aliphatic carbocycles. The van der Waals surface area contributed by atoms with E-state index in [4.69, 9.17) is 18.9 Å². The number of hydrogen-bond donors (Lipinski definition) is 0. The number of ether oxygens (including phenoxy) is 4. The normalized spacial score (nSPS) is 21.1. The number of carbonyl (C=O) groups excluding carboxylic acids is 2. The average molecular weight is 413 g/mol. The van der Waals surface area contributed by atoms with Gasteiger partial charge in [0.15, 0.2) is 6.10 Å². The second-order valence-electron chi connectivity index (χ2n) is 7.13. The first-order chi connectivity index (χ1) is 14.6. The van der Waals surface area contributed by atoms with Gasteiger partial charge in [0.05, 0.1) is 19.7 Å². The summed E-state index contributed by atoms with van der Waals surface area (Å²) in [5.74, 6) is -0.421. The Hall–Kier alpha value is -2.90. The fourth-order valence-electron chi connectivity index (χ4n) is 3.39. The van der Waals surface area contributed by atoms with Crippen LogP contribution in [0.3, 0.4) is 0 Å². The van der Waals surface area contributed by atoms with Crippen molar-refractivity contribution in [1.82, 2.24) is 4.90 Å². The second kappa shape index (κ2) is 10.8. The molecule has 2 aromatic carbocycles. The highest BCUT2D eigenvalue weighted by Crippen LogP contribution is 2.22. The molecule has 0 saturated carbocycles. The van der Waals surface area contributed by atoms with E-state index in [0.29, 0.717) is 6.61 Å². The van der Waals surface area contributed by atoms with Crippen LogP contribution in [-0.4, -0.2) is 55.5 Å². The lowest BCUT2D eigenvalue weighted by Crippen LogP contribution is -2.59. The molecule has 3 atom stereocenters. The third-order valence-electron chi connectivity index (χ3n) is 4.91. The first kappa shape index (κ1) is 21.8. The summed E-state index contributed by atoms with van der Waals surface area (Å²) in [7, 11) is 1.52. The highest BCUT2D eigenvalue weighted by Gasteiger charge is 2.42. The van der Waals surface area contributed by atoms with Crippen molar-refractivity contribution in [1.29, 1.82) is 0 Å². The van der Waals surface area contributed by atoms with E-state index < -0.39 is 30.4 Å². The van der Waals surface area contributed by atoms with Crippen LogP contribution < -0.4 is 0 Å². The maximum Gasteiger partial charge on any atom is 0.410 e. The van der Waals surface area contributed by atoms with Crippen LogP contribution in [0.2, 0.25) is 0 Å². The molecule has 1 fully saturated rings. The minimum Gasteiger partial charge on any atom is -0.457 e. The largest absolute Gasteiger partial charge is 0.457 e. The van der Waals surface area contributed by atoms with Crippen molar-refractivity contribution in [3.8, 4) is 0 Å². The Morgan fingerprint density at radius 2 is 1.47 bits per heavy atom. The van der Waals surface area contributed by atoms with Crippen molar-refractivity contribution in [2.24, 2.45) is 0 Å². The average Bonchev–Trinajstić information content (AvgIpc) is 2.77. The highest BCUT2D eigenvalue weighted by atomic mass is 16.6. The van der Waals surface area contributed by atoms with Crippen LogP contribution in [-0.2, 0) is 37.0 Å². The Labute approximate surface area is 176 Å². The Kier molecular flexibility index (Phi) is 7.82. The molecule has 0 radical (unpaired) electrons. The fraction of sp³-hybridized carbons (Fsp3) is 0.391. The topological polar surface area (TPSA) is 74.3 Å². The van der Waals surface area contributed by atoms with Crippen LogP contribution in [0.1, 0.15) is 18.1 Å². The van der Waals surface area contributed by atoms with Crippen molar-refractivity contribution in [3.63, 3.8) is 0 Å². The summed E-state index contributed by atoms with van der Waals surface area (Å²) in [6.07, 6.45) is -2.14. The SMILES string of the molecule is CO[C@@H]1CN(C(=O)OCc2ccccc2)C[C@H](OCc2ccccc2)[C@H]1OC(C)=O. The lowest BCUT2D eigenvalue weighted by atomic mass is 10.0. The van der Waals surface area contributed by atoms with Crippen LogP contribution in [0.5, 0.6) is 0 Å². The zero-order valence-electron chi connectivity index (χ0n) is 17.2. The monoisotopic (exact) mass is 413 g/mol. The number of piperidine rings is 1. The number of esters is 1. The smallest absolute Gasteiger partial charge is 0.410 e. The number of nitrogens with zero attached hydrogens (tertiary/aromatic N) is 1. The zero-order chi connectivity index (χ0) is 21.3. The van der Waals surface area contributed by atoms with E-state index in [-0.39, 0.29) is 19.7 Å². The molecule has 0 unspecified atom stereocenters. The molecular formula is C23H27NO6. The summed E-state index contributed by atoms with van der Waals surface area (Å²) >= 11 is 0. The molecule has 1 heterocycles. The van der Waals surface area contributed by atoms with Crippen molar-refractivity contribution in [2.75, 3.05) is 20.2 Å². The molecule has 1 amide bonds. The van der Waals surface area contributed by atoms with E-state index in [9.17, 15) is 9.59 Å². The molecule has 0 aromatic heterocycles. The van der Waals surface area contributed by atoms with Gasteiger partial charge in [0, 0.05) is 14.0 Å². The van der Waals surface area contributed by atoms with E-state index >= 15 is 0 Å². The van der Waals surface area contributed by atoms with Crippen LogP contribution >= 0.6 is 0 Å².